The van der Waals surface area contributed by atoms with Gasteiger partial charge in [0.15, 0.2) is 23.6 Å². The Hall–Kier alpha value is -2.20. The van der Waals surface area contributed by atoms with Gasteiger partial charge in [0, 0.05) is 0 Å². The molecule has 46 heavy (non-hydrogen) atoms. The van der Waals surface area contributed by atoms with Crippen molar-refractivity contribution in [1.82, 2.24) is 0 Å². The van der Waals surface area contributed by atoms with E-state index in [-0.39, 0.29) is 33.0 Å². The molecule has 0 unspecified atom stereocenters. The molecule has 10 atom stereocenters. The van der Waals surface area contributed by atoms with Gasteiger partial charge in [-0.05, 0) is 39.8 Å². The molecule has 1 aromatic heterocycles. The molecule has 0 saturated carbocycles. The molecule has 12 nitrogen and oxygen atoms in total. The predicted molar refractivity (Wildman–Crippen MR) is 165 cm³/mol. The first-order chi connectivity index (χ1) is 22.1. The monoisotopic (exact) mass is 648 g/mol. The van der Waals surface area contributed by atoms with E-state index >= 15 is 0 Å². The van der Waals surface area contributed by atoms with Crippen LogP contribution < -0.4 is 0 Å². The first-order valence-electron chi connectivity index (χ1n) is 15.7. The van der Waals surface area contributed by atoms with Gasteiger partial charge in [-0.3, -0.25) is 0 Å². The van der Waals surface area contributed by atoms with Gasteiger partial charge in [0.25, 0.3) is 5.79 Å². The van der Waals surface area contributed by atoms with Gasteiger partial charge >= 0.3 is 0 Å². The lowest BCUT2D eigenvalue weighted by molar-refractivity contribution is -0.397. The third kappa shape index (κ3) is 7.43. The van der Waals surface area contributed by atoms with Crippen molar-refractivity contribution in [1.29, 1.82) is 0 Å². The van der Waals surface area contributed by atoms with Crippen LogP contribution in [0.4, 0.5) is 0 Å². The van der Waals surface area contributed by atoms with Crippen LogP contribution in [0.1, 0.15) is 33.5 Å². The van der Waals surface area contributed by atoms with Crippen molar-refractivity contribution in [3.8, 4) is 0 Å². The molecule has 0 amide bonds. The minimum absolute atomic E-state index is 0.0329. The van der Waals surface area contributed by atoms with E-state index in [0.29, 0.717) is 12.4 Å². The lowest BCUT2D eigenvalue weighted by atomic mass is 9.89. The van der Waals surface area contributed by atoms with E-state index in [9.17, 15) is 0 Å². The summed E-state index contributed by atoms with van der Waals surface area (Å²) < 4.78 is 76.1. The second kappa shape index (κ2) is 14.9. The number of fused-ring (bicyclic) bond motifs is 3. The molecular formula is C34H48O12. The van der Waals surface area contributed by atoms with Crippen LogP contribution in [0.25, 0.3) is 0 Å². The van der Waals surface area contributed by atoms with Crippen LogP contribution in [0, 0.1) is 0 Å². The van der Waals surface area contributed by atoms with Crippen LogP contribution in [-0.4, -0.2) is 106 Å². The van der Waals surface area contributed by atoms with Crippen LogP contribution in [0.5, 0.6) is 0 Å². The number of hydrogen-bond donors (Lipinski definition) is 0. The fourth-order valence-electron chi connectivity index (χ4n) is 6.37. The molecule has 0 spiro atoms. The molecular weight excluding hydrogens is 600 g/mol. The molecule has 256 valence electrons. The van der Waals surface area contributed by atoms with Crippen LogP contribution in [-0.2, 0) is 57.9 Å². The zero-order chi connectivity index (χ0) is 33.0. The van der Waals surface area contributed by atoms with Crippen molar-refractivity contribution in [3.63, 3.8) is 0 Å². The first-order valence-corrected chi connectivity index (χ1v) is 15.7. The maximum atomic E-state index is 6.87. The summed E-state index contributed by atoms with van der Waals surface area (Å²) in [6.07, 6.45) is 2.27. The standard InChI is InChI=1S/C34H48O12/c1-9-15-35-20-23-25(37-16-10-2)28(38-17-11-3)30(39-18-12-4)34(42-23,24-14-13-19-36-24)40-21-22-26-27(44-32(5,6)43-26)29-31(41-22)46-33(7,8)45-29/h9-14,19,22-23,25-31H,1-4,15-18,20-21H2,5-8H3/t22-,23-,25-,26+,27+,28+,29-,30+,31-,34+/m1/s1. The zero-order valence-electron chi connectivity index (χ0n) is 27.2. The molecule has 1 aromatic rings. The molecule has 0 aliphatic carbocycles. The van der Waals surface area contributed by atoms with Crippen molar-refractivity contribution in [2.75, 3.05) is 39.6 Å². The highest BCUT2D eigenvalue weighted by Crippen LogP contribution is 2.47. The van der Waals surface area contributed by atoms with Gasteiger partial charge in [0.1, 0.15) is 48.8 Å². The van der Waals surface area contributed by atoms with Crippen molar-refractivity contribution >= 4 is 0 Å². The fourth-order valence-corrected chi connectivity index (χ4v) is 6.37. The third-order valence-corrected chi connectivity index (χ3v) is 7.99. The van der Waals surface area contributed by atoms with Crippen LogP contribution >= 0.6 is 0 Å². The smallest absolute Gasteiger partial charge is 0.258 e. The van der Waals surface area contributed by atoms with Gasteiger partial charge in [0.2, 0.25) is 0 Å². The Labute approximate surface area is 271 Å². The summed E-state index contributed by atoms with van der Waals surface area (Å²) in [7, 11) is 0. The molecule has 4 fully saturated rings. The maximum absolute atomic E-state index is 6.87. The number of hydrogen-bond acceptors (Lipinski definition) is 12. The Balaban J connectivity index is 1.52. The van der Waals surface area contributed by atoms with Gasteiger partial charge < -0.3 is 56.5 Å². The Morgan fingerprint density at radius 1 is 0.696 bits per heavy atom. The lowest BCUT2D eigenvalue weighted by Gasteiger charge is -2.51. The molecule has 5 heterocycles. The lowest BCUT2D eigenvalue weighted by Crippen LogP contribution is -2.67. The second-order valence-electron chi connectivity index (χ2n) is 12.4. The summed E-state index contributed by atoms with van der Waals surface area (Å²) in [6.45, 7) is 23.6. The summed E-state index contributed by atoms with van der Waals surface area (Å²) in [5.74, 6) is -3.07. The minimum atomic E-state index is -1.66. The number of furan rings is 1. The molecule has 0 radical (unpaired) electrons. The van der Waals surface area contributed by atoms with Crippen molar-refractivity contribution in [2.45, 2.75) is 100 Å². The average molecular weight is 649 g/mol. The Kier molecular flexibility index (Phi) is 11.4. The van der Waals surface area contributed by atoms with Crippen LogP contribution in [0.15, 0.2) is 73.4 Å². The molecule has 4 saturated heterocycles. The Morgan fingerprint density at radius 2 is 1.33 bits per heavy atom. The highest BCUT2D eigenvalue weighted by molar-refractivity contribution is 5.15. The summed E-state index contributed by atoms with van der Waals surface area (Å²) >= 11 is 0. The number of rotatable bonds is 17. The topological polar surface area (TPSA) is 115 Å². The normalized spacial score (nSPS) is 37.7. The van der Waals surface area contributed by atoms with Gasteiger partial charge in [-0.15, -0.1) is 26.3 Å². The average Bonchev–Trinajstić information content (AvgIpc) is 3.74. The molecule has 0 bridgehead atoms. The van der Waals surface area contributed by atoms with E-state index in [1.165, 1.54) is 6.26 Å². The van der Waals surface area contributed by atoms with E-state index in [1.54, 1.807) is 36.4 Å². The fraction of sp³-hybridized carbons (Fsp3) is 0.647. The zero-order valence-corrected chi connectivity index (χ0v) is 27.2. The Bertz CT molecular complexity index is 1170. The number of ether oxygens (including phenoxy) is 11. The summed E-state index contributed by atoms with van der Waals surface area (Å²) in [4.78, 5) is 0. The van der Waals surface area contributed by atoms with Gasteiger partial charge in [-0.1, -0.05) is 24.3 Å². The second-order valence-corrected chi connectivity index (χ2v) is 12.4. The summed E-state index contributed by atoms with van der Waals surface area (Å²) in [5, 5.41) is 0. The van der Waals surface area contributed by atoms with Crippen LogP contribution in [0.3, 0.4) is 0 Å². The molecule has 5 rings (SSSR count). The van der Waals surface area contributed by atoms with Gasteiger partial charge in [-0.2, -0.15) is 0 Å². The molecule has 4 aliphatic rings. The quantitative estimate of drug-likeness (QED) is 0.179. The van der Waals surface area contributed by atoms with E-state index < -0.39 is 72.5 Å². The van der Waals surface area contributed by atoms with E-state index in [0.717, 1.165) is 0 Å². The molecule has 4 aliphatic heterocycles. The molecule has 0 N–H and O–H groups in total. The summed E-state index contributed by atoms with van der Waals surface area (Å²) in [6, 6.07) is 3.51. The van der Waals surface area contributed by atoms with E-state index in [1.807, 2.05) is 27.7 Å². The third-order valence-electron chi connectivity index (χ3n) is 7.99. The van der Waals surface area contributed by atoms with Crippen molar-refractivity contribution < 1.29 is 56.5 Å². The highest BCUT2D eigenvalue weighted by Gasteiger charge is 2.63. The van der Waals surface area contributed by atoms with Gasteiger partial charge in [0.05, 0.1) is 45.9 Å². The van der Waals surface area contributed by atoms with Crippen LogP contribution in [0.2, 0.25) is 0 Å². The maximum Gasteiger partial charge on any atom is 0.258 e. The predicted octanol–water partition coefficient (Wildman–Crippen LogP) is 4.16. The largest absolute Gasteiger partial charge is 0.463 e. The first kappa shape index (κ1) is 35.1. The van der Waals surface area contributed by atoms with E-state index in [4.69, 9.17) is 56.5 Å². The molecule has 0 aromatic carbocycles. The molecule has 12 heteroatoms. The Morgan fingerprint density at radius 3 is 2.00 bits per heavy atom. The SMILES string of the molecule is C=CCOC[C@H]1O[C@@](OC[C@H]2O[C@@H]3OC(C)(C)O[C@@H]3[C@H]3OC(C)(C)O[C@H]32)(c2ccco2)[C@@H](OCC=C)[C@@H](OCC=C)[C@@H]1OCC=C. The minimum Gasteiger partial charge on any atom is -0.463 e. The van der Waals surface area contributed by atoms with Crippen molar-refractivity contribution in [2.24, 2.45) is 0 Å². The van der Waals surface area contributed by atoms with Gasteiger partial charge in [-0.25, -0.2) is 0 Å². The summed E-state index contributed by atoms with van der Waals surface area (Å²) in [5.41, 5.74) is 0. The van der Waals surface area contributed by atoms with Crippen molar-refractivity contribution in [3.05, 3.63) is 74.8 Å². The van der Waals surface area contributed by atoms with E-state index in [2.05, 4.69) is 26.3 Å². The highest BCUT2D eigenvalue weighted by atomic mass is 16.9.